The molecular formula is C20H10Cl2FNO4S. The van der Waals surface area contributed by atoms with Crippen LogP contribution in [0.1, 0.15) is 11.1 Å². The van der Waals surface area contributed by atoms with E-state index < -0.39 is 22.4 Å². The number of fused-ring (bicyclic) bond motifs is 1. The highest BCUT2D eigenvalue weighted by Gasteiger charge is 2.35. The van der Waals surface area contributed by atoms with Crippen LogP contribution < -0.4 is 5.43 Å². The molecule has 1 aliphatic rings. The van der Waals surface area contributed by atoms with E-state index in [-0.39, 0.29) is 38.0 Å². The minimum Gasteiger partial charge on any atom is -0.462 e. The Morgan fingerprint density at radius 3 is 2.55 bits per heavy atom. The largest absolute Gasteiger partial charge is 0.462 e. The third kappa shape index (κ3) is 3.81. The maximum atomic E-state index is 13.0. The van der Waals surface area contributed by atoms with E-state index in [9.17, 15) is 18.8 Å². The maximum Gasteiger partial charge on any atom is 0.293 e. The van der Waals surface area contributed by atoms with Crippen molar-refractivity contribution >= 4 is 63.2 Å². The van der Waals surface area contributed by atoms with Crippen molar-refractivity contribution in [1.82, 2.24) is 4.90 Å². The Labute approximate surface area is 177 Å². The van der Waals surface area contributed by atoms with E-state index >= 15 is 0 Å². The van der Waals surface area contributed by atoms with E-state index in [0.717, 1.165) is 4.90 Å². The van der Waals surface area contributed by atoms with Gasteiger partial charge in [-0.3, -0.25) is 19.3 Å². The van der Waals surface area contributed by atoms with E-state index in [2.05, 4.69) is 0 Å². The van der Waals surface area contributed by atoms with Gasteiger partial charge in [0, 0.05) is 5.02 Å². The molecule has 0 atom stereocenters. The van der Waals surface area contributed by atoms with Gasteiger partial charge in [0.2, 0.25) is 0 Å². The minimum atomic E-state index is -0.548. The Bertz CT molecular complexity index is 1250. The lowest BCUT2D eigenvalue weighted by Gasteiger charge is -2.12. The van der Waals surface area contributed by atoms with Gasteiger partial charge in [0.15, 0.2) is 11.0 Å². The number of carbonyl (C=O) groups is 2. The number of thioether (sulfide) groups is 1. The third-order valence-electron chi connectivity index (χ3n) is 4.23. The predicted octanol–water partition coefficient (Wildman–Crippen LogP) is 5.48. The van der Waals surface area contributed by atoms with Crippen LogP contribution >= 0.6 is 35.0 Å². The highest BCUT2D eigenvalue weighted by Crippen LogP contribution is 2.33. The van der Waals surface area contributed by atoms with Crippen molar-refractivity contribution in [1.29, 1.82) is 0 Å². The van der Waals surface area contributed by atoms with Crippen LogP contribution in [0.25, 0.3) is 17.0 Å². The first-order valence-corrected chi connectivity index (χ1v) is 9.81. The van der Waals surface area contributed by atoms with Gasteiger partial charge in [0.25, 0.3) is 11.1 Å². The molecule has 2 amide bonds. The second-order valence-electron chi connectivity index (χ2n) is 6.18. The summed E-state index contributed by atoms with van der Waals surface area (Å²) in [6.07, 6.45) is 2.48. The van der Waals surface area contributed by atoms with Crippen molar-refractivity contribution in [2.75, 3.05) is 0 Å². The Balaban J connectivity index is 1.67. The SMILES string of the molecule is O=C1S/C(=C\c2coc3c(Cl)cc(Cl)cc3c2=O)C(=O)N1Cc1ccc(F)cc1. The van der Waals surface area contributed by atoms with Crippen molar-refractivity contribution in [3.63, 3.8) is 0 Å². The van der Waals surface area contributed by atoms with Crippen LogP contribution in [0, 0.1) is 5.82 Å². The summed E-state index contributed by atoms with van der Waals surface area (Å²) < 4.78 is 18.5. The molecular weight excluding hydrogens is 440 g/mol. The van der Waals surface area contributed by atoms with E-state index in [1.54, 1.807) is 0 Å². The molecule has 0 aliphatic carbocycles. The second-order valence-corrected chi connectivity index (χ2v) is 8.02. The smallest absolute Gasteiger partial charge is 0.293 e. The molecule has 0 saturated carbocycles. The Kier molecular flexibility index (Phi) is 5.21. The van der Waals surface area contributed by atoms with Crippen LogP contribution in [0.2, 0.25) is 10.0 Å². The number of hydrogen-bond acceptors (Lipinski definition) is 5. The van der Waals surface area contributed by atoms with Crippen molar-refractivity contribution in [2.24, 2.45) is 0 Å². The van der Waals surface area contributed by atoms with Crippen LogP contribution in [-0.2, 0) is 11.3 Å². The predicted molar refractivity (Wildman–Crippen MR) is 110 cm³/mol. The molecule has 3 aromatic rings. The van der Waals surface area contributed by atoms with Crippen molar-refractivity contribution in [2.45, 2.75) is 6.54 Å². The zero-order chi connectivity index (χ0) is 20.7. The molecule has 0 radical (unpaired) electrons. The van der Waals surface area contributed by atoms with Gasteiger partial charge in [-0.2, -0.15) is 0 Å². The number of rotatable bonds is 3. The zero-order valence-electron chi connectivity index (χ0n) is 14.4. The standard InChI is InChI=1S/C20H10Cl2FNO4S/c21-12-6-14-17(25)11(9-28-18(14)15(22)7-12)5-16-19(26)24(20(27)29-16)8-10-1-3-13(23)4-2-10/h1-7,9H,8H2/b16-5-. The first-order valence-electron chi connectivity index (χ1n) is 8.24. The molecule has 1 aromatic heterocycles. The molecule has 9 heteroatoms. The fraction of sp³-hybridized carbons (Fsp3) is 0.0500. The van der Waals surface area contributed by atoms with Gasteiger partial charge in [-0.15, -0.1) is 0 Å². The summed E-state index contributed by atoms with van der Waals surface area (Å²) in [5.41, 5.74) is 0.441. The third-order valence-corrected chi connectivity index (χ3v) is 5.64. The number of imide groups is 1. The van der Waals surface area contributed by atoms with Gasteiger partial charge >= 0.3 is 0 Å². The average Bonchev–Trinajstić information content (AvgIpc) is 2.93. The summed E-state index contributed by atoms with van der Waals surface area (Å²) in [6.45, 7) is -0.000169. The summed E-state index contributed by atoms with van der Waals surface area (Å²) >= 11 is 12.7. The summed E-state index contributed by atoms with van der Waals surface area (Å²) in [7, 11) is 0. The van der Waals surface area contributed by atoms with Crippen LogP contribution in [0.3, 0.4) is 0 Å². The van der Waals surface area contributed by atoms with Gasteiger partial charge in [0.1, 0.15) is 12.1 Å². The number of amides is 2. The molecule has 1 aliphatic heterocycles. The van der Waals surface area contributed by atoms with Gasteiger partial charge in [0.05, 0.1) is 27.4 Å². The quantitative estimate of drug-likeness (QED) is 0.495. The van der Waals surface area contributed by atoms with Crippen LogP contribution in [0.4, 0.5) is 9.18 Å². The number of halogens is 3. The zero-order valence-corrected chi connectivity index (χ0v) is 16.8. The van der Waals surface area contributed by atoms with Crippen molar-refractivity contribution in [3.05, 3.63) is 84.8 Å². The lowest BCUT2D eigenvalue weighted by Crippen LogP contribution is -2.27. The summed E-state index contributed by atoms with van der Waals surface area (Å²) in [5.74, 6) is -0.959. The molecule has 0 unspecified atom stereocenters. The van der Waals surface area contributed by atoms with Crippen LogP contribution in [0.5, 0.6) is 0 Å². The topological polar surface area (TPSA) is 67.6 Å². The lowest BCUT2D eigenvalue weighted by atomic mass is 10.1. The molecule has 2 heterocycles. The molecule has 5 nitrogen and oxygen atoms in total. The van der Waals surface area contributed by atoms with Gasteiger partial charge in [-0.25, -0.2) is 4.39 Å². The van der Waals surface area contributed by atoms with E-state index in [0.29, 0.717) is 17.3 Å². The van der Waals surface area contributed by atoms with E-state index in [1.165, 1.54) is 48.7 Å². The summed E-state index contributed by atoms with van der Waals surface area (Å²) in [6, 6.07) is 8.37. The first-order chi connectivity index (χ1) is 13.8. The number of benzene rings is 2. The highest BCUT2D eigenvalue weighted by atomic mass is 35.5. The van der Waals surface area contributed by atoms with Gasteiger partial charge in [-0.05, 0) is 47.7 Å². The summed E-state index contributed by atoms with van der Waals surface area (Å²) in [5, 5.41) is 0.144. The van der Waals surface area contributed by atoms with Crippen molar-refractivity contribution < 1.29 is 18.4 Å². The van der Waals surface area contributed by atoms with Gasteiger partial charge in [-0.1, -0.05) is 35.3 Å². The van der Waals surface area contributed by atoms with Crippen LogP contribution in [-0.4, -0.2) is 16.0 Å². The van der Waals surface area contributed by atoms with Gasteiger partial charge < -0.3 is 4.42 Å². The first kappa shape index (κ1) is 19.7. The minimum absolute atomic E-state index is 0.000169. The second kappa shape index (κ2) is 7.67. The molecule has 4 rings (SSSR count). The molecule has 146 valence electrons. The molecule has 1 fully saturated rings. The fourth-order valence-corrected chi connectivity index (χ4v) is 4.20. The Morgan fingerprint density at radius 1 is 1.10 bits per heavy atom. The Hall–Kier alpha value is -2.61. The monoisotopic (exact) mass is 449 g/mol. The highest BCUT2D eigenvalue weighted by molar-refractivity contribution is 8.18. The van der Waals surface area contributed by atoms with E-state index in [4.69, 9.17) is 27.6 Å². The number of hydrogen-bond donors (Lipinski definition) is 0. The van der Waals surface area contributed by atoms with Crippen LogP contribution in [0.15, 0.2) is 56.8 Å². The van der Waals surface area contributed by atoms with Crippen molar-refractivity contribution in [3.8, 4) is 0 Å². The average molecular weight is 450 g/mol. The number of carbonyl (C=O) groups excluding carboxylic acids is 2. The summed E-state index contributed by atoms with van der Waals surface area (Å²) in [4.78, 5) is 38.7. The number of nitrogens with zero attached hydrogens (tertiary/aromatic N) is 1. The molecule has 2 aromatic carbocycles. The molecule has 29 heavy (non-hydrogen) atoms. The molecule has 1 saturated heterocycles. The molecule has 0 spiro atoms. The maximum absolute atomic E-state index is 13.0. The molecule has 0 N–H and O–H groups in total. The lowest BCUT2D eigenvalue weighted by molar-refractivity contribution is -0.123. The molecule has 0 bridgehead atoms. The normalized spacial score (nSPS) is 15.7. The fourth-order valence-electron chi connectivity index (χ4n) is 2.83. The van der Waals surface area contributed by atoms with E-state index in [1.807, 2.05) is 0 Å². The Morgan fingerprint density at radius 2 is 1.83 bits per heavy atom.